The van der Waals surface area contributed by atoms with E-state index in [4.69, 9.17) is 4.74 Å². The average Bonchev–Trinajstić information content (AvgIpc) is 2.83. The first-order valence-electron chi connectivity index (χ1n) is 5.80. The van der Waals surface area contributed by atoms with Crippen molar-refractivity contribution in [2.24, 2.45) is 0 Å². The van der Waals surface area contributed by atoms with Crippen LogP contribution >= 0.6 is 0 Å². The highest BCUT2D eigenvalue weighted by Crippen LogP contribution is 2.34. The molecule has 1 aromatic carbocycles. The van der Waals surface area contributed by atoms with Gasteiger partial charge in [-0.2, -0.15) is 0 Å². The molecular formula is C12H14N2O5. The van der Waals surface area contributed by atoms with Gasteiger partial charge in [-0.05, 0) is 6.07 Å². The molecule has 7 heteroatoms. The number of hydrogen-bond donors (Lipinski definition) is 1. The number of rotatable bonds is 4. The first-order chi connectivity index (χ1) is 9.04. The molecule has 19 heavy (non-hydrogen) atoms. The maximum absolute atomic E-state index is 11.3. The van der Waals surface area contributed by atoms with Crippen LogP contribution in [0.1, 0.15) is 6.42 Å². The summed E-state index contributed by atoms with van der Waals surface area (Å²) in [5.74, 6) is -1.00. The lowest BCUT2D eigenvalue weighted by atomic mass is 10.2. The van der Waals surface area contributed by atoms with E-state index in [1.54, 1.807) is 18.2 Å². The summed E-state index contributed by atoms with van der Waals surface area (Å²) in [6.45, 7) is 0.332. The van der Waals surface area contributed by atoms with Crippen LogP contribution in [-0.4, -0.2) is 41.8 Å². The lowest BCUT2D eigenvalue weighted by Crippen LogP contribution is -2.36. The van der Waals surface area contributed by atoms with Gasteiger partial charge in [0.2, 0.25) is 0 Å². The number of anilines is 1. The van der Waals surface area contributed by atoms with Crippen molar-refractivity contribution in [3.63, 3.8) is 0 Å². The fourth-order valence-corrected chi connectivity index (χ4v) is 2.33. The van der Waals surface area contributed by atoms with E-state index >= 15 is 0 Å². The number of nitro groups is 1. The summed E-state index contributed by atoms with van der Waals surface area (Å²) in [7, 11) is 1.51. The predicted octanol–water partition coefficient (Wildman–Crippen LogP) is 1.27. The van der Waals surface area contributed by atoms with E-state index in [-0.39, 0.29) is 11.8 Å². The van der Waals surface area contributed by atoms with Gasteiger partial charge in [0, 0.05) is 26.1 Å². The number of para-hydroxylation sites is 2. The zero-order chi connectivity index (χ0) is 14.0. The minimum atomic E-state index is -1.00. The molecule has 0 bridgehead atoms. The van der Waals surface area contributed by atoms with Gasteiger partial charge >= 0.3 is 5.97 Å². The zero-order valence-electron chi connectivity index (χ0n) is 10.4. The van der Waals surface area contributed by atoms with Gasteiger partial charge in [-0.1, -0.05) is 12.1 Å². The van der Waals surface area contributed by atoms with Crippen LogP contribution in [0.4, 0.5) is 11.4 Å². The van der Waals surface area contributed by atoms with E-state index in [0.29, 0.717) is 18.7 Å². The third-order valence-corrected chi connectivity index (χ3v) is 3.27. The van der Waals surface area contributed by atoms with Crippen LogP contribution in [-0.2, 0) is 9.53 Å². The summed E-state index contributed by atoms with van der Waals surface area (Å²) in [4.78, 5) is 23.3. The molecule has 1 aliphatic heterocycles. The van der Waals surface area contributed by atoms with Crippen molar-refractivity contribution < 1.29 is 19.6 Å². The lowest BCUT2D eigenvalue weighted by Gasteiger charge is -2.22. The van der Waals surface area contributed by atoms with E-state index in [1.807, 2.05) is 0 Å². The second-order valence-electron chi connectivity index (χ2n) is 4.35. The van der Waals surface area contributed by atoms with Crippen molar-refractivity contribution in [1.82, 2.24) is 0 Å². The van der Waals surface area contributed by atoms with Crippen LogP contribution in [0.15, 0.2) is 24.3 Å². The number of nitro benzene ring substituents is 1. The molecule has 0 spiro atoms. The minimum absolute atomic E-state index is 0.0921. The third-order valence-electron chi connectivity index (χ3n) is 3.27. The Morgan fingerprint density at radius 3 is 2.79 bits per heavy atom. The maximum atomic E-state index is 11.3. The van der Waals surface area contributed by atoms with Gasteiger partial charge in [-0.15, -0.1) is 0 Å². The molecule has 0 aliphatic carbocycles. The molecule has 102 valence electrons. The molecule has 0 radical (unpaired) electrons. The number of hydrogen-bond acceptors (Lipinski definition) is 5. The molecular weight excluding hydrogens is 252 g/mol. The van der Waals surface area contributed by atoms with Crippen LogP contribution in [0.5, 0.6) is 0 Å². The molecule has 0 unspecified atom stereocenters. The van der Waals surface area contributed by atoms with Gasteiger partial charge in [-0.3, -0.25) is 10.1 Å². The van der Waals surface area contributed by atoms with E-state index in [1.165, 1.54) is 18.1 Å². The first kappa shape index (κ1) is 13.3. The van der Waals surface area contributed by atoms with E-state index in [9.17, 15) is 20.0 Å². The quantitative estimate of drug-likeness (QED) is 0.651. The molecule has 0 amide bonds. The van der Waals surface area contributed by atoms with Gasteiger partial charge < -0.3 is 14.7 Å². The van der Waals surface area contributed by atoms with Gasteiger partial charge in [0.1, 0.15) is 11.7 Å². The number of carboxylic acid groups (broad SMARTS) is 1. The number of benzene rings is 1. The Kier molecular flexibility index (Phi) is 3.66. The van der Waals surface area contributed by atoms with Crippen LogP contribution in [0.2, 0.25) is 0 Å². The smallest absolute Gasteiger partial charge is 0.326 e. The van der Waals surface area contributed by atoms with Gasteiger partial charge in [-0.25, -0.2) is 4.79 Å². The summed E-state index contributed by atoms with van der Waals surface area (Å²) in [6, 6.07) is 5.34. The van der Waals surface area contributed by atoms with Crippen LogP contribution in [0.25, 0.3) is 0 Å². The number of carboxylic acids is 1. The molecule has 1 saturated heterocycles. The molecule has 1 heterocycles. The number of methoxy groups -OCH3 is 1. The van der Waals surface area contributed by atoms with Crippen molar-refractivity contribution in [3.05, 3.63) is 34.4 Å². The van der Waals surface area contributed by atoms with Gasteiger partial charge in [0.25, 0.3) is 5.69 Å². The van der Waals surface area contributed by atoms with Crippen LogP contribution in [0.3, 0.4) is 0 Å². The SMILES string of the molecule is CO[C@@H]1C[C@@H](C(=O)O)N(c2ccccc2[N+](=O)[O-])C1. The van der Waals surface area contributed by atoms with E-state index < -0.39 is 16.9 Å². The third kappa shape index (κ3) is 2.50. The standard InChI is InChI=1S/C12H14N2O5/c1-19-8-6-11(12(15)16)13(7-8)9-4-2-3-5-10(9)14(17)18/h2-5,8,11H,6-7H2,1H3,(H,15,16)/t8-,11+/m1/s1. The number of ether oxygens (including phenoxy) is 1. The van der Waals surface area contributed by atoms with Crippen molar-refractivity contribution in [3.8, 4) is 0 Å². The van der Waals surface area contributed by atoms with Gasteiger partial charge in [0.15, 0.2) is 0 Å². The Hall–Kier alpha value is -2.15. The van der Waals surface area contributed by atoms with Crippen molar-refractivity contribution in [2.45, 2.75) is 18.6 Å². The highest BCUT2D eigenvalue weighted by molar-refractivity contribution is 5.81. The molecule has 2 atom stereocenters. The Balaban J connectivity index is 2.39. The second kappa shape index (κ2) is 5.23. The van der Waals surface area contributed by atoms with Crippen LogP contribution in [0, 0.1) is 10.1 Å². The average molecular weight is 266 g/mol. The number of aliphatic carboxylic acids is 1. The Morgan fingerprint density at radius 1 is 1.53 bits per heavy atom. The maximum Gasteiger partial charge on any atom is 0.326 e. The molecule has 1 N–H and O–H groups in total. The monoisotopic (exact) mass is 266 g/mol. The second-order valence-corrected chi connectivity index (χ2v) is 4.35. The fraction of sp³-hybridized carbons (Fsp3) is 0.417. The highest BCUT2D eigenvalue weighted by Gasteiger charge is 2.39. The normalized spacial score (nSPS) is 22.5. The molecule has 2 rings (SSSR count). The van der Waals surface area contributed by atoms with E-state index in [2.05, 4.69) is 0 Å². The Morgan fingerprint density at radius 2 is 2.21 bits per heavy atom. The number of carbonyl (C=O) groups is 1. The van der Waals surface area contributed by atoms with Crippen molar-refractivity contribution in [2.75, 3.05) is 18.6 Å². The molecule has 1 aromatic rings. The zero-order valence-corrected chi connectivity index (χ0v) is 10.4. The molecule has 0 saturated carbocycles. The lowest BCUT2D eigenvalue weighted by molar-refractivity contribution is -0.384. The largest absolute Gasteiger partial charge is 0.480 e. The first-order valence-corrected chi connectivity index (χ1v) is 5.80. The molecule has 1 fully saturated rings. The fourth-order valence-electron chi connectivity index (χ4n) is 2.33. The van der Waals surface area contributed by atoms with Crippen molar-refractivity contribution >= 4 is 17.3 Å². The summed E-state index contributed by atoms with van der Waals surface area (Å²) >= 11 is 0. The molecule has 7 nitrogen and oxygen atoms in total. The molecule has 1 aliphatic rings. The summed E-state index contributed by atoms with van der Waals surface area (Å²) < 4.78 is 5.17. The van der Waals surface area contributed by atoms with E-state index in [0.717, 1.165) is 0 Å². The number of nitrogens with zero attached hydrogens (tertiary/aromatic N) is 2. The predicted molar refractivity (Wildman–Crippen MR) is 67.3 cm³/mol. The van der Waals surface area contributed by atoms with Crippen molar-refractivity contribution in [1.29, 1.82) is 0 Å². The highest BCUT2D eigenvalue weighted by atomic mass is 16.6. The molecule has 0 aromatic heterocycles. The summed E-state index contributed by atoms with van der Waals surface area (Å²) in [6.07, 6.45) is 0.0821. The topological polar surface area (TPSA) is 92.9 Å². The minimum Gasteiger partial charge on any atom is -0.480 e. The van der Waals surface area contributed by atoms with Crippen LogP contribution < -0.4 is 4.90 Å². The summed E-state index contributed by atoms with van der Waals surface area (Å²) in [5.41, 5.74) is 0.227. The van der Waals surface area contributed by atoms with Gasteiger partial charge in [0.05, 0.1) is 11.0 Å². The summed E-state index contributed by atoms with van der Waals surface area (Å²) in [5, 5.41) is 20.2. The Labute approximate surface area is 109 Å². The Bertz CT molecular complexity index is 505.